The Bertz CT molecular complexity index is 785. The molecule has 9 heteroatoms. The number of halogens is 3. The Morgan fingerprint density at radius 2 is 1.37 bits per heavy atom. The van der Waals surface area contributed by atoms with Crippen molar-refractivity contribution in [2.45, 2.75) is 115 Å². The molecule has 0 saturated carbocycles. The fourth-order valence-corrected chi connectivity index (χ4v) is 4.64. The summed E-state index contributed by atoms with van der Waals surface area (Å²) in [6.45, 7) is 9.33. The molecule has 1 fully saturated rings. The summed E-state index contributed by atoms with van der Waals surface area (Å²) in [4.78, 5) is 0. The highest BCUT2D eigenvalue weighted by molar-refractivity contribution is 6.31. The minimum absolute atomic E-state index is 0.0347. The van der Waals surface area contributed by atoms with Crippen LogP contribution in [0.25, 0.3) is 0 Å². The molecule has 5 atom stereocenters. The van der Waals surface area contributed by atoms with E-state index in [2.05, 4.69) is 0 Å². The number of unbranched alkanes of at least 4 members (excludes halogenated alkanes) is 4. The number of hydrogen-bond donors (Lipinski definition) is 1. The van der Waals surface area contributed by atoms with E-state index in [4.69, 9.17) is 35.3 Å². The highest BCUT2D eigenvalue weighted by Gasteiger charge is 2.68. The fraction of sp³-hybridized carbons (Fsp3) is 0.793. The van der Waals surface area contributed by atoms with E-state index < -0.39 is 41.7 Å². The monoisotopic (exact) mass is 564 g/mol. The molecule has 1 aromatic rings. The van der Waals surface area contributed by atoms with Gasteiger partial charge in [-0.2, -0.15) is 8.78 Å². The van der Waals surface area contributed by atoms with Crippen LogP contribution in [0.3, 0.4) is 0 Å². The maximum absolute atomic E-state index is 16.4. The molecular weight excluding hydrogens is 518 g/mol. The normalized spacial score (nSPS) is 26.1. The van der Waals surface area contributed by atoms with E-state index in [0.29, 0.717) is 26.2 Å². The third-order valence-corrected chi connectivity index (χ3v) is 7.03. The van der Waals surface area contributed by atoms with Crippen LogP contribution in [0.1, 0.15) is 84.6 Å². The summed E-state index contributed by atoms with van der Waals surface area (Å²) in [6.07, 6.45) is 2.08. The van der Waals surface area contributed by atoms with Crippen molar-refractivity contribution < 1.29 is 37.6 Å². The van der Waals surface area contributed by atoms with Crippen LogP contribution in [0, 0.1) is 0 Å². The maximum Gasteiger partial charge on any atom is 0.330 e. The Hall–Kier alpha value is -0.870. The van der Waals surface area contributed by atoms with Crippen LogP contribution in [0.4, 0.5) is 8.78 Å². The second-order valence-corrected chi connectivity index (χ2v) is 10.3. The molecule has 1 heterocycles. The fourth-order valence-electron chi connectivity index (χ4n) is 4.38. The molecule has 0 aromatic heterocycles. The van der Waals surface area contributed by atoms with Crippen molar-refractivity contribution in [2.75, 3.05) is 33.0 Å². The van der Waals surface area contributed by atoms with E-state index in [-0.39, 0.29) is 18.2 Å². The van der Waals surface area contributed by atoms with Gasteiger partial charge in [-0.15, -0.1) is 0 Å². The molecule has 2 rings (SSSR count). The Kier molecular flexibility index (Phi) is 15.0. The van der Waals surface area contributed by atoms with Gasteiger partial charge < -0.3 is 28.8 Å². The first-order valence-electron chi connectivity index (χ1n) is 14.2. The van der Waals surface area contributed by atoms with E-state index in [1.54, 1.807) is 6.07 Å². The largest absolute Gasteiger partial charge is 0.379 e. The predicted octanol–water partition coefficient (Wildman–Crippen LogP) is 6.89. The van der Waals surface area contributed by atoms with Crippen LogP contribution in [0.2, 0.25) is 5.02 Å². The van der Waals surface area contributed by atoms with Gasteiger partial charge in [0.05, 0.1) is 6.61 Å². The number of rotatable bonds is 19. The lowest BCUT2D eigenvalue weighted by Gasteiger charge is -2.52. The lowest BCUT2D eigenvalue weighted by molar-refractivity contribution is -0.426. The highest BCUT2D eigenvalue weighted by Crippen LogP contribution is 2.50. The molecule has 0 unspecified atom stereocenters. The molecule has 1 aliphatic heterocycles. The van der Waals surface area contributed by atoms with Crippen LogP contribution < -0.4 is 0 Å². The first-order valence-corrected chi connectivity index (χ1v) is 14.6. The van der Waals surface area contributed by atoms with Crippen LogP contribution in [0.5, 0.6) is 0 Å². The van der Waals surface area contributed by atoms with Gasteiger partial charge in [0.25, 0.3) is 5.79 Å². The quantitative estimate of drug-likeness (QED) is 0.185. The van der Waals surface area contributed by atoms with E-state index in [1.165, 1.54) is 18.2 Å². The second-order valence-electron chi connectivity index (χ2n) is 9.86. The molecule has 0 bridgehead atoms. The van der Waals surface area contributed by atoms with Crippen molar-refractivity contribution in [3.05, 3.63) is 34.9 Å². The molecule has 38 heavy (non-hydrogen) atoms. The summed E-state index contributed by atoms with van der Waals surface area (Å²) >= 11 is 6.20. The van der Waals surface area contributed by atoms with E-state index >= 15 is 8.78 Å². The lowest BCUT2D eigenvalue weighted by Crippen LogP contribution is -2.72. The summed E-state index contributed by atoms with van der Waals surface area (Å²) in [7, 11) is 0. The van der Waals surface area contributed by atoms with Crippen LogP contribution >= 0.6 is 11.6 Å². The number of aliphatic hydroxyl groups is 1. The van der Waals surface area contributed by atoms with Crippen molar-refractivity contribution in [1.82, 2.24) is 0 Å². The van der Waals surface area contributed by atoms with E-state index in [1.807, 2.05) is 27.7 Å². The van der Waals surface area contributed by atoms with Crippen LogP contribution in [-0.4, -0.2) is 68.3 Å². The van der Waals surface area contributed by atoms with E-state index in [0.717, 1.165) is 44.9 Å². The second kappa shape index (κ2) is 17.1. The van der Waals surface area contributed by atoms with Gasteiger partial charge in [-0.3, -0.25) is 0 Å². The number of alkyl halides is 2. The first kappa shape index (κ1) is 33.3. The molecule has 6 nitrogen and oxygen atoms in total. The molecule has 0 aliphatic carbocycles. The predicted molar refractivity (Wildman–Crippen MR) is 145 cm³/mol. The third-order valence-electron chi connectivity index (χ3n) is 6.70. The zero-order valence-corrected chi connectivity index (χ0v) is 24.2. The minimum atomic E-state index is -3.93. The molecule has 0 radical (unpaired) electrons. The average Bonchev–Trinajstić information content (AvgIpc) is 2.89. The summed E-state index contributed by atoms with van der Waals surface area (Å²) in [5.41, 5.74) is -0.545. The zero-order valence-electron chi connectivity index (χ0n) is 23.4. The smallest absolute Gasteiger partial charge is 0.330 e. The Morgan fingerprint density at radius 3 is 1.95 bits per heavy atom. The van der Waals surface area contributed by atoms with Crippen molar-refractivity contribution in [3.8, 4) is 0 Å². The van der Waals surface area contributed by atoms with Crippen molar-refractivity contribution in [3.63, 3.8) is 0 Å². The summed E-state index contributed by atoms with van der Waals surface area (Å²) < 4.78 is 63.0. The summed E-state index contributed by atoms with van der Waals surface area (Å²) in [5, 5.41) is 11.7. The number of benzene rings is 1. The molecule has 1 saturated heterocycles. The standard InChI is InChI=1S/C29H47ClF2O6/c1-5-9-17-34-21-24-25(35-18-10-6-2)26(36-19-11-7-3)27(37-20-12-8-4)29(33,38-24)28(31,32)22-15-13-14-16-23(22)30/h13-16,24-27,33H,5-12,17-21H2,1-4H3/t24-,25-,26+,27-,29-/m1/s1. The molecular formula is C29H47ClF2O6. The topological polar surface area (TPSA) is 66.4 Å². The van der Waals surface area contributed by atoms with Gasteiger partial charge in [-0.1, -0.05) is 83.2 Å². The van der Waals surface area contributed by atoms with Crippen LogP contribution in [-0.2, 0) is 29.6 Å². The molecule has 0 spiro atoms. The molecule has 220 valence electrons. The molecule has 1 aromatic carbocycles. The van der Waals surface area contributed by atoms with Gasteiger partial charge in [0.15, 0.2) is 0 Å². The van der Waals surface area contributed by atoms with Gasteiger partial charge in [0, 0.05) is 37.0 Å². The van der Waals surface area contributed by atoms with Crippen molar-refractivity contribution >= 4 is 11.6 Å². The number of ether oxygens (including phenoxy) is 5. The van der Waals surface area contributed by atoms with E-state index in [9.17, 15) is 5.11 Å². The van der Waals surface area contributed by atoms with Gasteiger partial charge in [0.1, 0.15) is 24.4 Å². The number of hydrogen-bond acceptors (Lipinski definition) is 6. The minimum Gasteiger partial charge on any atom is -0.379 e. The van der Waals surface area contributed by atoms with Gasteiger partial charge >= 0.3 is 5.92 Å². The van der Waals surface area contributed by atoms with Crippen molar-refractivity contribution in [2.24, 2.45) is 0 Å². The third kappa shape index (κ3) is 8.56. The Morgan fingerprint density at radius 1 is 0.842 bits per heavy atom. The Labute approximate surface area is 232 Å². The summed E-state index contributed by atoms with van der Waals surface area (Å²) in [6, 6.07) is 5.56. The Balaban J connectivity index is 2.56. The SMILES string of the molecule is CCCCOC[C@H]1O[C@@](O)(C(F)(F)c2ccccc2Cl)[C@H](OCCCC)[C@@H](OCCCC)[C@@H]1OCCCC. The maximum atomic E-state index is 16.4. The average molecular weight is 565 g/mol. The molecule has 0 amide bonds. The van der Waals surface area contributed by atoms with Crippen LogP contribution in [0.15, 0.2) is 24.3 Å². The summed E-state index contributed by atoms with van der Waals surface area (Å²) in [5.74, 6) is -7.00. The zero-order chi connectivity index (χ0) is 28.0. The van der Waals surface area contributed by atoms with Gasteiger partial charge in [-0.25, -0.2) is 0 Å². The molecule has 1 N–H and O–H groups in total. The van der Waals surface area contributed by atoms with Crippen molar-refractivity contribution in [1.29, 1.82) is 0 Å². The first-order chi connectivity index (χ1) is 18.3. The lowest BCUT2D eigenvalue weighted by atomic mass is 9.85. The van der Waals surface area contributed by atoms with Gasteiger partial charge in [0.2, 0.25) is 0 Å². The molecule has 1 aliphatic rings. The van der Waals surface area contributed by atoms with Gasteiger partial charge in [-0.05, 0) is 31.7 Å². The highest BCUT2D eigenvalue weighted by atomic mass is 35.5.